The molecule has 3 nitrogen and oxygen atoms in total. The summed E-state index contributed by atoms with van der Waals surface area (Å²) in [6.07, 6.45) is 1.87. The summed E-state index contributed by atoms with van der Waals surface area (Å²) in [5, 5.41) is 0. The number of nitrogens with zero attached hydrogens (tertiary/aromatic N) is 3. The summed E-state index contributed by atoms with van der Waals surface area (Å²) in [4.78, 5) is 8.88. The second-order valence-corrected chi connectivity index (χ2v) is 4.78. The first-order valence-corrected chi connectivity index (χ1v) is 5.67. The van der Waals surface area contributed by atoms with Gasteiger partial charge in [0.15, 0.2) is 5.65 Å². The number of halogens is 1. The Kier molecular flexibility index (Phi) is 2.47. The fourth-order valence-electron chi connectivity index (χ4n) is 1.50. The van der Waals surface area contributed by atoms with Gasteiger partial charge < -0.3 is 4.57 Å². The van der Waals surface area contributed by atoms with Gasteiger partial charge in [-0.2, -0.15) is 0 Å². The Balaban J connectivity index is 2.78. The van der Waals surface area contributed by atoms with Crippen LogP contribution in [0.15, 0.2) is 12.4 Å². The highest BCUT2D eigenvalue weighted by Crippen LogP contribution is 2.20. The molecule has 2 rings (SSSR count). The van der Waals surface area contributed by atoms with Crippen molar-refractivity contribution in [3.63, 3.8) is 0 Å². The minimum Gasteiger partial charge on any atom is -0.313 e. The van der Waals surface area contributed by atoms with Crippen molar-refractivity contribution in [2.45, 2.75) is 26.8 Å². The number of aryl methyl sites for hydroxylation is 1. The predicted molar refractivity (Wildman–Crippen MR) is 65.4 cm³/mol. The largest absolute Gasteiger partial charge is 0.313 e. The molecule has 2 aromatic rings. The van der Waals surface area contributed by atoms with E-state index in [4.69, 9.17) is 0 Å². The summed E-state index contributed by atoms with van der Waals surface area (Å²) in [6, 6.07) is 2.46. The summed E-state index contributed by atoms with van der Waals surface area (Å²) in [5.74, 6) is 0. The van der Waals surface area contributed by atoms with Crippen molar-refractivity contribution in [2.75, 3.05) is 0 Å². The Hall–Kier alpha value is -0.650. The smallest absolute Gasteiger partial charge is 0.161 e. The van der Waals surface area contributed by atoms with Gasteiger partial charge in [-0.15, -0.1) is 0 Å². The number of pyridine rings is 1. The minimum absolute atomic E-state index is 0.407. The van der Waals surface area contributed by atoms with Gasteiger partial charge in [0.1, 0.15) is 9.22 Å². The third-order valence-electron chi connectivity index (χ3n) is 2.25. The van der Waals surface area contributed by atoms with E-state index in [1.165, 1.54) is 5.56 Å². The Morgan fingerprint density at radius 3 is 2.79 bits per heavy atom. The molecule has 0 radical (unpaired) electrons. The number of hydrogen-bond donors (Lipinski definition) is 0. The third kappa shape index (κ3) is 1.51. The van der Waals surface area contributed by atoms with Gasteiger partial charge in [0.2, 0.25) is 0 Å². The van der Waals surface area contributed by atoms with Crippen LogP contribution >= 0.6 is 22.6 Å². The molecule has 2 aromatic heterocycles. The van der Waals surface area contributed by atoms with E-state index in [0.29, 0.717) is 6.04 Å². The summed E-state index contributed by atoms with van der Waals surface area (Å²) in [6.45, 7) is 6.35. The first-order valence-electron chi connectivity index (χ1n) is 4.59. The molecule has 2 heterocycles. The number of imidazole rings is 1. The first-order chi connectivity index (χ1) is 6.59. The number of aromatic nitrogens is 3. The highest BCUT2D eigenvalue weighted by atomic mass is 127. The average Bonchev–Trinajstić information content (AvgIpc) is 2.47. The van der Waals surface area contributed by atoms with Crippen LogP contribution < -0.4 is 0 Å². The fraction of sp³-hybridized carbons (Fsp3) is 0.400. The van der Waals surface area contributed by atoms with Crippen molar-refractivity contribution >= 4 is 33.8 Å². The van der Waals surface area contributed by atoms with Crippen LogP contribution in [0.3, 0.4) is 0 Å². The number of hydrogen-bond acceptors (Lipinski definition) is 2. The molecule has 0 spiro atoms. The summed E-state index contributed by atoms with van der Waals surface area (Å²) in [5.41, 5.74) is 3.20. The molecule has 74 valence electrons. The lowest BCUT2D eigenvalue weighted by Gasteiger charge is -2.07. The van der Waals surface area contributed by atoms with E-state index in [9.17, 15) is 0 Å². The van der Waals surface area contributed by atoms with Crippen molar-refractivity contribution in [1.82, 2.24) is 14.5 Å². The lowest BCUT2D eigenvalue weighted by atomic mass is 10.3. The SMILES string of the molecule is Cc1cc(I)nc2c1ncn2C(C)C. The second-order valence-electron chi connectivity index (χ2n) is 3.68. The van der Waals surface area contributed by atoms with Crippen molar-refractivity contribution < 1.29 is 0 Å². The van der Waals surface area contributed by atoms with Crippen LogP contribution in [0.5, 0.6) is 0 Å². The molecule has 0 bridgehead atoms. The zero-order valence-electron chi connectivity index (χ0n) is 8.45. The maximum atomic E-state index is 4.50. The van der Waals surface area contributed by atoms with Gasteiger partial charge in [0.25, 0.3) is 0 Å². The third-order valence-corrected chi connectivity index (χ3v) is 2.80. The van der Waals surface area contributed by atoms with Crippen LogP contribution in [-0.2, 0) is 0 Å². The Bertz CT molecular complexity index is 473. The summed E-state index contributed by atoms with van der Waals surface area (Å²) in [7, 11) is 0. The zero-order chi connectivity index (χ0) is 10.3. The van der Waals surface area contributed by atoms with Gasteiger partial charge in [0, 0.05) is 6.04 Å². The molecule has 4 heteroatoms. The summed E-state index contributed by atoms with van der Waals surface area (Å²) >= 11 is 2.24. The van der Waals surface area contributed by atoms with Gasteiger partial charge in [-0.1, -0.05) is 0 Å². The molecule has 0 N–H and O–H groups in total. The quantitative estimate of drug-likeness (QED) is 0.599. The van der Waals surface area contributed by atoms with Crippen LogP contribution in [0.1, 0.15) is 25.5 Å². The van der Waals surface area contributed by atoms with Crippen LogP contribution in [0.2, 0.25) is 0 Å². The van der Waals surface area contributed by atoms with Gasteiger partial charge in [-0.3, -0.25) is 0 Å². The average molecular weight is 301 g/mol. The molecule has 0 aliphatic rings. The molecule has 0 aliphatic heterocycles. The van der Waals surface area contributed by atoms with Gasteiger partial charge >= 0.3 is 0 Å². The van der Waals surface area contributed by atoms with E-state index >= 15 is 0 Å². The van der Waals surface area contributed by atoms with Crippen LogP contribution in [-0.4, -0.2) is 14.5 Å². The Morgan fingerprint density at radius 2 is 2.14 bits per heavy atom. The van der Waals surface area contributed by atoms with Crippen molar-refractivity contribution in [2.24, 2.45) is 0 Å². The minimum atomic E-state index is 0.407. The van der Waals surface area contributed by atoms with E-state index in [2.05, 4.69) is 64.0 Å². The monoisotopic (exact) mass is 301 g/mol. The molecule has 0 unspecified atom stereocenters. The molecule has 0 saturated heterocycles. The highest BCUT2D eigenvalue weighted by Gasteiger charge is 2.09. The molecule has 0 atom stereocenters. The Labute approximate surface area is 96.7 Å². The number of rotatable bonds is 1. The van der Waals surface area contributed by atoms with Gasteiger partial charge in [0.05, 0.1) is 6.33 Å². The van der Waals surface area contributed by atoms with E-state index in [1.807, 2.05) is 6.33 Å². The molecular formula is C10H12IN3. The van der Waals surface area contributed by atoms with Crippen LogP contribution in [0, 0.1) is 10.6 Å². The van der Waals surface area contributed by atoms with Gasteiger partial charge in [-0.25, -0.2) is 9.97 Å². The van der Waals surface area contributed by atoms with Crippen molar-refractivity contribution in [3.05, 3.63) is 21.7 Å². The van der Waals surface area contributed by atoms with E-state index < -0.39 is 0 Å². The Morgan fingerprint density at radius 1 is 1.43 bits per heavy atom. The molecule has 14 heavy (non-hydrogen) atoms. The van der Waals surface area contributed by atoms with E-state index in [1.54, 1.807) is 0 Å². The molecular weight excluding hydrogens is 289 g/mol. The molecule has 0 saturated carbocycles. The first kappa shape index (κ1) is 9.89. The molecule has 0 aromatic carbocycles. The molecule has 0 fully saturated rings. The maximum absolute atomic E-state index is 4.50. The topological polar surface area (TPSA) is 30.7 Å². The summed E-state index contributed by atoms with van der Waals surface area (Å²) < 4.78 is 3.12. The highest BCUT2D eigenvalue weighted by molar-refractivity contribution is 14.1. The predicted octanol–water partition coefficient (Wildman–Crippen LogP) is 2.93. The molecule has 0 aliphatic carbocycles. The lowest BCUT2D eigenvalue weighted by Crippen LogP contribution is -2.00. The normalized spacial score (nSPS) is 11.5. The lowest BCUT2D eigenvalue weighted by molar-refractivity contribution is 0.612. The maximum Gasteiger partial charge on any atom is 0.161 e. The van der Waals surface area contributed by atoms with E-state index in [0.717, 1.165) is 14.9 Å². The zero-order valence-corrected chi connectivity index (χ0v) is 10.6. The fourth-order valence-corrected chi connectivity index (χ4v) is 2.20. The van der Waals surface area contributed by atoms with Crippen LogP contribution in [0.25, 0.3) is 11.2 Å². The van der Waals surface area contributed by atoms with Gasteiger partial charge in [-0.05, 0) is 55.0 Å². The van der Waals surface area contributed by atoms with Crippen molar-refractivity contribution in [1.29, 1.82) is 0 Å². The van der Waals surface area contributed by atoms with E-state index in [-0.39, 0.29) is 0 Å². The molecule has 0 amide bonds. The van der Waals surface area contributed by atoms with Crippen molar-refractivity contribution in [3.8, 4) is 0 Å². The standard InChI is InChI=1S/C10H12IN3/c1-6(2)14-5-12-9-7(3)4-8(11)13-10(9)14/h4-6H,1-3H3. The van der Waals surface area contributed by atoms with Crippen LogP contribution in [0.4, 0.5) is 0 Å². The number of fused-ring (bicyclic) bond motifs is 1. The second kappa shape index (κ2) is 3.49.